The van der Waals surface area contributed by atoms with E-state index in [-0.39, 0.29) is 11.1 Å². The van der Waals surface area contributed by atoms with E-state index in [2.05, 4.69) is 10.3 Å². The molecule has 0 fully saturated rings. The van der Waals surface area contributed by atoms with E-state index in [4.69, 9.17) is 28.9 Å². The van der Waals surface area contributed by atoms with Crippen LogP contribution in [0.5, 0.6) is 0 Å². The van der Waals surface area contributed by atoms with Gasteiger partial charge in [-0.15, -0.1) is 0 Å². The van der Waals surface area contributed by atoms with Crippen molar-refractivity contribution >= 4 is 40.5 Å². The third-order valence-electron chi connectivity index (χ3n) is 2.27. The molecule has 0 spiro atoms. The zero-order valence-corrected chi connectivity index (χ0v) is 10.7. The number of nitrogens with one attached hydrogen (secondary N) is 1. The number of pyridine rings is 1. The lowest BCUT2D eigenvalue weighted by Crippen LogP contribution is -2.12. The number of nitrogens with two attached hydrogens (primary N) is 1. The molecule has 0 aliphatic rings. The Bertz CT molecular complexity index is 602. The van der Waals surface area contributed by atoms with Gasteiger partial charge in [0, 0.05) is 11.8 Å². The van der Waals surface area contributed by atoms with Crippen molar-refractivity contribution in [3.05, 3.63) is 52.3 Å². The van der Waals surface area contributed by atoms with Crippen molar-refractivity contribution in [2.45, 2.75) is 0 Å². The molecule has 1 aromatic carbocycles. The molecule has 0 bridgehead atoms. The van der Waals surface area contributed by atoms with Crippen LogP contribution in [0.1, 0.15) is 10.4 Å². The fraction of sp³-hybridized carbons (Fsp3) is 0. The number of carbonyl (C=O) groups excluding carboxylic acids is 1. The van der Waals surface area contributed by atoms with Crippen molar-refractivity contribution in [2.24, 2.45) is 0 Å². The minimum atomic E-state index is -0.326. The number of halogens is 2. The Morgan fingerprint density at radius 2 is 2.06 bits per heavy atom. The second-order valence-electron chi connectivity index (χ2n) is 3.53. The standard InChI is InChI=1S/C12H9Cl2N3O/c13-8-4-3-7(6-9(8)15)12(18)17-10-2-1-5-16-11(10)14/h1-6H,15H2,(H,17,18). The number of amides is 1. The Morgan fingerprint density at radius 1 is 1.28 bits per heavy atom. The van der Waals surface area contributed by atoms with Crippen LogP contribution in [-0.4, -0.2) is 10.9 Å². The second kappa shape index (κ2) is 5.25. The van der Waals surface area contributed by atoms with Crippen LogP contribution < -0.4 is 11.1 Å². The molecular formula is C12H9Cl2N3O. The summed E-state index contributed by atoms with van der Waals surface area (Å²) in [5.41, 5.74) is 6.82. The summed E-state index contributed by atoms with van der Waals surface area (Å²) in [7, 11) is 0. The molecule has 0 atom stereocenters. The molecule has 1 aromatic heterocycles. The molecule has 6 heteroatoms. The van der Waals surface area contributed by atoms with Crippen LogP contribution in [0.15, 0.2) is 36.5 Å². The number of hydrogen-bond acceptors (Lipinski definition) is 3. The van der Waals surface area contributed by atoms with Crippen molar-refractivity contribution in [3.63, 3.8) is 0 Å². The summed E-state index contributed by atoms with van der Waals surface area (Å²) in [6, 6.07) is 7.99. The van der Waals surface area contributed by atoms with Crippen LogP contribution in [0.2, 0.25) is 10.2 Å². The van der Waals surface area contributed by atoms with Gasteiger partial charge in [-0.3, -0.25) is 4.79 Å². The fourth-order valence-electron chi connectivity index (χ4n) is 1.36. The number of nitrogens with zero attached hydrogens (tertiary/aromatic N) is 1. The van der Waals surface area contributed by atoms with E-state index in [1.807, 2.05) is 0 Å². The van der Waals surface area contributed by atoms with Gasteiger partial charge in [0.15, 0.2) is 5.15 Å². The maximum Gasteiger partial charge on any atom is 0.255 e. The molecule has 0 aliphatic carbocycles. The van der Waals surface area contributed by atoms with E-state index < -0.39 is 0 Å². The van der Waals surface area contributed by atoms with Gasteiger partial charge < -0.3 is 11.1 Å². The molecule has 92 valence electrons. The van der Waals surface area contributed by atoms with Crippen LogP contribution >= 0.6 is 23.2 Å². The predicted molar refractivity (Wildman–Crippen MR) is 73.1 cm³/mol. The van der Waals surface area contributed by atoms with Gasteiger partial charge >= 0.3 is 0 Å². The van der Waals surface area contributed by atoms with E-state index in [1.54, 1.807) is 24.3 Å². The molecular weight excluding hydrogens is 273 g/mol. The molecule has 0 saturated heterocycles. The highest BCUT2D eigenvalue weighted by molar-refractivity contribution is 6.33. The molecule has 3 N–H and O–H groups in total. The van der Waals surface area contributed by atoms with Crippen LogP contribution in [-0.2, 0) is 0 Å². The lowest BCUT2D eigenvalue weighted by molar-refractivity contribution is 0.102. The molecule has 0 aliphatic heterocycles. The number of anilines is 2. The van der Waals surface area contributed by atoms with Crippen molar-refractivity contribution in [3.8, 4) is 0 Å². The number of hydrogen-bond donors (Lipinski definition) is 2. The number of nitrogen functional groups attached to an aromatic ring is 1. The lowest BCUT2D eigenvalue weighted by Gasteiger charge is -2.07. The normalized spacial score (nSPS) is 10.1. The molecule has 0 unspecified atom stereocenters. The van der Waals surface area contributed by atoms with Crippen molar-refractivity contribution in [2.75, 3.05) is 11.1 Å². The molecule has 4 nitrogen and oxygen atoms in total. The third-order valence-corrected chi connectivity index (χ3v) is 2.91. The molecule has 0 radical (unpaired) electrons. The number of rotatable bonds is 2. The van der Waals surface area contributed by atoms with Gasteiger partial charge in [-0.1, -0.05) is 23.2 Å². The van der Waals surface area contributed by atoms with E-state index >= 15 is 0 Å². The number of carbonyl (C=O) groups is 1. The zero-order valence-electron chi connectivity index (χ0n) is 9.15. The Morgan fingerprint density at radius 3 is 2.72 bits per heavy atom. The van der Waals surface area contributed by atoms with Crippen molar-refractivity contribution < 1.29 is 4.79 Å². The highest BCUT2D eigenvalue weighted by Crippen LogP contribution is 2.22. The Hall–Kier alpha value is -1.78. The summed E-state index contributed by atoms with van der Waals surface area (Å²) in [4.78, 5) is 15.8. The van der Waals surface area contributed by atoms with Gasteiger partial charge in [-0.2, -0.15) is 0 Å². The highest BCUT2D eigenvalue weighted by atomic mass is 35.5. The highest BCUT2D eigenvalue weighted by Gasteiger charge is 2.10. The Kier molecular flexibility index (Phi) is 3.69. The summed E-state index contributed by atoms with van der Waals surface area (Å²) in [5, 5.41) is 3.28. The van der Waals surface area contributed by atoms with Gasteiger partial charge in [-0.05, 0) is 30.3 Å². The summed E-state index contributed by atoms with van der Waals surface area (Å²) >= 11 is 11.6. The van der Waals surface area contributed by atoms with Gasteiger partial charge in [0.2, 0.25) is 0 Å². The maximum absolute atomic E-state index is 11.9. The lowest BCUT2D eigenvalue weighted by atomic mass is 10.2. The van der Waals surface area contributed by atoms with Crippen molar-refractivity contribution in [1.82, 2.24) is 4.98 Å². The molecule has 0 saturated carbocycles. The van der Waals surface area contributed by atoms with E-state index in [1.165, 1.54) is 12.3 Å². The minimum absolute atomic E-state index is 0.229. The van der Waals surface area contributed by atoms with Crippen LogP contribution in [0.25, 0.3) is 0 Å². The van der Waals surface area contributed by atoms with E-state index in [9.17, 15) is 4.79 Å². The SMILES string of the molecule is Nc1cc(C(=O)Nc2cccnc2Cl)ccc1Cl. The summed E-state index contributed by atoms with van der Waals surface area (Å²) in [5.74, 6) is -0.326. The molecule has 2 aromatic rings. The zero-order chi connectivity index (χ0) is 13.1. The number of aromatic nitrogens is 1. The Balaban J connectivity index is 2.22. The predicted octanol–water partition coefficient (Wildman–Crippen LogP) is 3.22. The second-order valence-corrected chi connectivity index (χ2v) is 4.30. The Labute approximate surface area is 114 Å². The fourth-order valence-corrected chi connectivity index (χ4v) is 1.64. The molecule has 1 heterocycles. The molecule has 1 amide bonds. The maximum atomic E-state index is 11.9. The van der Waals surface area contributed by atoms with E-state index in [0.29, 0.717) is 22.0 Å². The minimum Gasteiger partial charge on any atom is -0.398 e. The van der Waals surface area contributed by atoms with Gasteiger partial charge in [0.05, 0.1) is 16.4 Å². The first kappa shape index (κ1) is 12.7. The molecule has 2 rings (SSSR count). The topological polar surface area (TPSA) is 68.0 Å². The average molecular weight is 282 g/mol. The van der Waals surface area contributed by atoms with Crippen LogP contribution in [0, 0.1) is 0 Å². The van der Waals surface area contributed by atoms with Crippen LogP contribution in [0.3, 0.4) is 0 Å². The number of benzene rings is 1. The summed E-state index contributed by atoms with van der Waals surface area (Å²) < 4.78 is 0. The van der Waals surface area contributed by atoms with Crippen molar-refractivity contribution in [1.29, 1.82) is 0 Å². The first-order valence-corrected chi connectivity index (χ1v) is 5.80. The van der Waals surface area contributed by atoms with Crippen LogP contribution in [0.4, 0.5) is 11.4 Å². The first-order chi connectivity index (χ1) is 8.58. The summed E-state index contributed by atoms with van der Waals surface area (Å²) in [6.45, 7) is 0. The van der Waals surface area contributed by atoms with Gasteiger partial charge in [0.1, 0.15) is 0 Å². The summed E-state index contributed by atoms with van der Waals surface area (Å²) in [6.07, 6.45) is 1.54. The monoisotopic (exact) mass is 281 g/mol. The van der Waals surface area contributed by atoms with E-state index in [0.717, 1.165) is 0 Å². The third kappa shape index (κ3) is 2.72. The van der Waals surface area contributed by atoms with Gasteiger partial charge in [0.25, 0.3) is 5.91 Å². The quantitative estimate of drug-likeness (QED) is 0.656. The smallest absolute Gasteiger partial charge is 0.255 e. The molecule has 18 heavy (non-hydrogen) atoms. The largest absolute Gasteiger partial charge is 0.398 e. The van der Waals surface area contributed by atoms with Gasteiger partial charge in [-0.25, -0.2) is 4.98 Å². The average Bonchev–Trinajstić information content (AvgIpc) is 2.35. The first-order valence-electron chi connectivity index (χ1n) is 5.05.